The monoisotopic (exact) mass is 404 g/mol. The molecule has 7 heteroatoms. The van der Waals surface area contributed by atoms with Crippen LogP contribution >= 0.6 is 11.6 Å². The molecule has 1 aromatic carbocycles. The molecule has 0 radical (unpaired) electrons. The van der Waals surface area contributed by atoms with Gasteiger partial charge in [-0.1, -0.05) is 11.6 Å². The summed E-state index contributed by atoms with van der Waals surface area (Å²) in [6, 6.07) is 9.89. The maximum atomic E-state index is 6.32. The van der Waals surface area contributed by atoms with Gasteiger partial charge in [-0.05, 0) is 43.2 Å². The second kappa shape index (κ2) is 9.85. The molecule has 0 saturated carbocycles. The van der Waals surface area contributed by atoms with Gasteiger partial charge in [0.05, 0.1) is 7.11 Å². The maximum absolute atomic E-state index is 6.32. The van der Waals surface area contributed by atoms with Crippen molar-refractivity contribution < 1.29 is 9.47 Å². The number of nitrogens with zero attached hydrogens (tertiary/aromatic N) is 2. The molecule has 152 valence electrons. The second-order valence-corrected chi connectivity index (χ2v) is 7.45. The first-order chi connectivity index (χ1) is 13.7. The number of aliphatic imine (C=N–C) groups is 1. The molecule has 0 aliphatic carbocycles. The van der Waals surface area contributed by atoms with Gasteiger partial charge >= 0.3 is 0 Å². The van der Waals surface area contributed by atoms with Gasteiger partial charge in [0.15, 0.2) is 5.96 Å². The minimum Gasteiger partial charge on any atom is -0.496 e. The number of halogens is 1. The normalized spacial score (nSPS) is 16.6. The van der Waals surface area contributed by atoms with E-state index in [1.807, 2.05) is 30.3 Å². The standard InChI is InChI=1S/C21H29ClN4O2/c1-23-20(24-9-12-26-10-3-4-11-26)25-16-21(7-13-28-14-8-21)18-15-17(22)5-6-19(18)27-2/h3-6,10-11,15H,7-9,12-14,16H2,1-2H3,(H2,23,24,25). The maximum Gasteiger partial charge on any atom is 0.191 e. The molecule has 2 heterocycles. The number of guanidine groups is 1. The molecular weight excluding hydrogens is 376 g/mol. The number of aromatic nitrogens is 1. The van der Waals surface area contributed by atoms with Gasteiger partial charge < -0.3 is 24.7 Å². The van der Waals surface area contributed by atoms with Crippen LogP contribution in [-0.4, -0.2) is 51.0 Å². The third-order valence-corrected chi connectivity index (χ3v) is 5.56. The molecule has 0 atom stereocenters. The molecule has 2 aromatic rings. The molecule has 0 bridgehead atoms. The highest BCUT2D eigenvalue weighted by atomic mass is 35.5. The number of nitrogens with one attached hydrogen (secondary N) is 2. The molecule has 28 heavy (non-hydrogen) atoms. The van der Waals surface area contributed by atoms with Crippen LogP contribution in [-0.2, 0) is 16.7 Å². The number of methoxy groups -OCH3 is 1. The molecule has 1 fully saturated rings. The van der Waals surface area contributed by atoms with Gasteiger partial charge in [0.2, 0.25) is 0 Å². The van der Waals surface area contributed by atoms with E-state index >= 15 is 0 Å². The first-order valence-corrected chi connectivity index (χ1v) is 10.0. The van der Waals surface area contributed by atoms with Crippen LogP contribution in [0.25, 0.3) is 0 Å². The van der Waals surface area contributed by atoms with Crippen LogP contribution in [0, 0.1) is 0 Å². The SMILES string of the molecule is CN=C(NCCn1cccc1)NCC1(c2cc(Cl)ccc2OC)CCOCC1. The van der Waals surface area contributed by atoms with E-state index in [4.69, 9.17) is 21.1 Å². The summed E-state index contributed by atoms with van der Waals surface area (Å²) in [5, 5.41) is 7.61. The van der Waals surface area contributed by atoms with Crippen LogP contribution in [0.5, 0.6) is 5.75 Å². The zero-order valence-electron chi connectivity index (χ0n) is 16.6. The number of benzene rings is 1. The summed E-state index contributed by atoms with van der Waals surface area (Å²) in [5.41, 5.74) is 1.01. The second-order valence-electron chi connectivity index (χ2n) is 7.01. The average molecular weight is 405 g/mol. The van der Waals surface area contributed by atoms with E-state index in [0.29, 0.717) is 0 Å². The molecule has 1 aromatic heterocycles. The summed E-state index contributed by atoms with van der Waals surface area (Å²) in [4.78, 5) is 4.37. The third kappa shape index (κ3) is 5.00. The molecular formula is C21H29ClN4O2. The third-order valence-electron chi connectivity index (χ3n) is 5.33. The summed E-state index contributed by atoms with van der Waals surface area (Å²) < 4.78 is 13.4. The van der Waals surface area contributed by atoms with Crippen LogP contribution < -0.4 is 15.4 Å². The Bertz CT molecular complexity index is 771. The lowest BCUT2D eigenvalue weighted by molar-refractivity contribution is 0.0505. The minimum absolute atomic E-state index is 0.119. The molecule has 6 nitrogen and oxygen atoms in total. The predicted octanol–water partition coefficient (Wildman–Crippen LogP) is 3.06. The van der Waals surface area contributed by atoms with Gasteiger partial charge in [-0.15, -0.1) is 0 Å². The van der Waals surface area contributed by atoms with Gasteiger partial charge in [0.25, 0.3) is 0 Å². The fourth-order valence-electron chi connectivity index (χ4n) is 3.69. The quantitative estimate of drug-likeness (QED) is 0.550. The van der Waals surface area contributed by atoms with Gasteiger partial charge in [0, 0.05) is 68.3 Å². The van der Waals surface area contributed by atoms with Crippen LogP contribution in [0.4, 0.5) is 0 Å². The molecule has 0 unspecified atom stereocenters. The van der Waals surface area contributed by atoms with Crippen molar-refractivity contribution in [2.75, 3.05) is 40.5 Å². The Hall–Kier alpha value is -2.18. The fraction of sp³-hybridized carbons (Fsp3) is 0.476. The van der Waals surface area contributed by atoms with Crippen molar-refractivity contribution in [1.29, 1.82) is 0 Å². The predicted molar refractivity (Wildman–Crippen MR) is 114 cm³/mol. The fourth-order valence-corrected chi connectivity index (χ4v) is 3.87. The summed E-state index contributed by atoms with van der Waals surface area (Å²) >= 11 is 6.32. The molecule has 1 aliphatic rings. The van der Waals surface area contributed by atoms with E-state index in [2.05, 4.69) is 32.6 Å². The Morgan fingerprint density at radius 2 is 2.00 bits per heavy atom. The summed E-state index contributed by atoms with van der Waals surface area (Å²) in [6.45, 7) is 3.85. The molecule has 2 N–H and O–H groups in total. The molecule has 1 saturated heterocycles. The van der Waals surface area contributed by atoms with Crippen molar-refractivity contribution >= 4 is 17.6 Å². The number of hydrogen-bond acceptors (Lipinski definition) is 3. The van der Waals surface area contributed by atoms with Crippen molar-refractivity contribution in [3.05, 3.63) is 53.3 Å². The Balaban J connectivity index is 1.69. The van der Waals surface area contributed by atoms with Crippen molar-refractivity contribution in [2.45, 2.75) is 24.8 Å². The largest absolute Gasteiger partial charge is 0.496 e. The zero-order valence-corrected chi connectivity index (χ0v) is 17.3. The number of ether oxygens (including phenoxy) is 2. The first-order valence-electron chi connectivity index (χ1n) is 9.64. The lowest BCUT2D eigenvalue weighted by atomic mass is 9.73. The zero-order chi connectivity index (χ0) is 19.8. The van der Waals surface area contributed by atoms with Crippen molar-refractivity contribution in [2.24, 2.45) is 4.99 Å². The van der Waals surface area contributed by atoms with E-state index in [0.717, 1.165) is 68.0 Å². The van der Waals surface area contributed by atoms with Crippen molar-refractivity contribution in [3.63, 3.8) is 0 Å². The van der Waals surface area contributed by atoms with Gasteiger partial charge in [-0.2, -0.15) is 0 Å². The van der Waals surface area contributed by atoms with Crippen molar-refractivity contribution in [1.82, 2.24) is 15.2 Å². The Morgan fingerprint density at radius 3 is 2.68 bits per heavy atom. The van der Waals surface area contributed by atoms with E-state index < -0.39 is 0 Å². The van der Waals surface area contributed by atoms with E-state index in [-0.39, 0.29) is 5.41 Å². The van der Waals surface area contributed by atoms with Crippen LogP contribution in [0.15, 0.2) is 47.7 Å². The molecule has 0 amide bonds. The van der Waals surface area contributed by atoms with Crippen LogP contribution in [0.2, 0.25) is 5.02 Å². The Labute approximate surface area is 171 Å². The highest BCUT2D eigenvalue weighted by Crippen LogP contribution is 2.40. The molecule has 3 rings (SSSR count). The summed E-state index contributed by atoms with van der Waals surface area (Å²) in [5.74, 6) is 1.66. The summed E-state index contributed by atoms with van der Waals surface area (Å²) in [7, 11) is 3.50. The lowest BCUT2D eigenvalue weighted by Gasteiger charge is -2.39. The van der Waals surface area contributed by atoms with Crippen LogP contribution in [0.3, 0.4) is 0 Å². The van der Waals surface area contributed by atoms with E-state index in [1.165, 1.54) is 0 Å². The topological polar surface area (TPSA) is 59.8 Å². The van der Waals surface area contributed by atoms with E-state index in [9.17, 15) is 0 Å². The molecule has 0 spiro atoms. The highest BCUT2D eigenvalue weighted by molar-refractivity contribution is 6.30. The minimum atomic E-state index is -0.119. The highest BCUT2D eigenvalue weighted by Gasteiger charge is 2.37. The molecule has 1 aliphatic heterocycles. The Kier molecular flexibility index (Phi) is 7.23. The Morgan fingerprint density at radius 1 is 1.25 bits per heavy atom. The smallest absolute Gasteiger partial charge is 0.191 e. The number of rotatable bonds is 7. The van der Waals surface area contributed by atoms with Crippen molar-refractivity contribution in [3.8, 4) is 5.75 Å². The number of hydrogen-bond donors (Lipinski definition) is 2. The van der Waals surface area contributed by atoms with E-state index in [1.54, 1.807) is 14.2 Å². The lowest BCUT2D eigenvalue weighted by Crippen LogP contribution is -2.48. The first kappa shape index (κ1) is 20.6. The summed E-state index contributed by atoms with van der Waals surface area (Å²) in [6.07, 6.45) is 5.91. The van der Waals surface area contributed by atoms with Gasteiger partial charge in [-0.25, -0.2) is 0 Å². The van der Waals surface area contributed by atoms with Gasteiger partial charge in [0.1, 0.15) is 5.75 Å². The van der Waals surface area contributed by atoms with Gasteiger partial charge in [-0.3, -0.25) is 4.99 Å². The van der Waals surface area contributed by atoms with Crippen LogP contribution in [0.1, 0.15) is 18.4 Å². The average Bonchev–Trinajstić information content (AvgIpc) is 3.24.